The third kappa shape index (κ3) is 5.24. The number of aromatic nitrogens is 3. The quantitative estimate of drug-likeness (QED) is 0.402. The SMILES string of the molecule is COc1ccc(NS(=O)(=O)c2ccc(C)c(C(=O)NCc3ccnc(-n4cccn4)c3)c2)cc1. The molecule has 0 aliphatic rings. The van der Waals surface area contributed by atoms with Crippen molar-refractivity contribution in [3.8, 4) is 11.6 Å². The zero-order chi connectivity index (χ0) is 24.1. The summed E-state index contributed by atoms with van der Waals surface area (Å²) < 4.78 is 35.0. The molecular formula is C24H23N5O4S. The van der Waals surface area contributed by atoms with Crippen molar-refractivity contribution in [2.24, 2.45) is 0 Å². The van der Waals surface area contributed by atoms with Gasteiger partial charge in [0.2, 0.25) is 0 Å². The Morgan fingerprint density at radius 3 is 2.56 bits per heavy atom. The molecule has 2 N–H and O–H groups in total. The van der Waals surface area contributed by atoms with Crippen LogP contribution in [0.4, 0.5) is 5.69 Å². The Kier molecular flexibility index (Phi) is 6.60. The Hall–Kier alpha value is -4.18. The second kappa shape index (κ2) is 9.75. The molecular weight excluding hydrogens is 454 g/mol. The lowest BCUT2D eigenvalue weighted by atomic mass is 10.1. The number of aryl methyl sites for hydroxylation is 1. The molecule has 10 heteroatoms. The van der Waals surface area contributed by atoms with Crippen LogP contribution in [-0.2, 0) is 16.6 Å². The van der Waals surface area contributed by atoms with E-state index in [4.69, 9.17) is 4.74 Å². The number of rotatable bonds is 8. The molecule has 0 saturated heterocycles. The number of sulfonamides is 1. The summed E-state index contributed by atoms with van der Waals surface area (Å²) in [6.07, 6.45) is 5.07. The molecule has 9 nitrogen and oxygen atoms in total. The van der Waals surface area contributed by atoms with E-state index in [1.54, 1.807) is 72.7 Å². The maximum atomic E-state index is 12.9. The molecule has 0 aliphatic heterocycles. The molecule has 0 bridgehead atoms. The molecule has 0 aliphatic carbocycles. The number of carbonyl (C=O) groups is 1. The van der Waals surface area contributed by atoms with Gasteiger partial charge in [-0.25, -0.2) is 18.1 Å². The Morgan fingerprint density at radius 2 is 1.85 bits per heavy atom. The van der Waals surface area contributed by atoms with Crippen molar-refractivity contribution in [2.45, 2.75) is 18.4 Å². The van der Waals surface area contributed by atoms with Gasteiger partial charge in [0, 0.05) is 36.4 Å². The number of nitrogens with zero attached hydrogens (tertiary/aromatic N) is 3. The second-order valence-electron chi connectivity index (χ2n) is 7.47. The van der Waals surface area contributed by atoms with Crippen LogP contribution in [0.5, 0.6) is 5.75 Å². The predicted octanol–water partition coefficient (Wildman–Crippen LogP) is 3.32. The molecule has 34 heavy (non-hydrogen) atoms. The summed E-state index contributed by atoms with van der Waals surface area (Å²) in [5.74, 6) is 0.866. The Labute approximate surface area is 197 Å². The fourth-order valence-corrected chi connectivity index (χ4v) is 4.35. The van der Waals surface area contributed by atoms with Crippen LogP contribution >= 0.6 is 0 Å². The van der Waals surface area contributed by atoms with E-state index in [1.807, 2.05) is 6.07 Å². The fraction of sp³-hybridized carbons (Fsp3) is 0.125. The molecule has 0 saturated carbocycles. The van der Waals surface area contributed by atoms with Crippen LogP contribution in [0.2, 0.25) is 0 Å². The predicted molar refractivity (Wildman–Crippen MR) is 128 cm³/mol. The molecule has 174 valence electrons. The lowest BCUT2D eigenvalue weighted by Crippen LogP contribution is -2.24. The number of hydrogen-bond acceptors (Lipinski definition) is 6. The van der Waals surface area contributed by atoms with Gasteiger partial charge in [-0.05, 0) is 72.6 Å². The van der Waals surface area contributed by atoms with Crippen LogP contribution in [-0.4, -0.2) is 36.2 Å². The summed E-state index contributed by atoms with van der Waals surface area (Å²) in [6, 6.07) is 16.4. The smallest absolute Gasteiger partial charge is 0.261 e. The van der Waals surface area contributed by atoms with Gasteiger partial charge < -0.3 is 10.1 Å². The first-order valence-electron chi connectivity index (χ1n) is 10.4. The van der Waals surface area contributed by atoms with E-state index in [2.05, 4.69) is 20.1 Å². The standard InChI is InChI=1S/C24H23N5O4S/c1-17-4-9-21(34(31,32)28-19-5-7-20(33-2)8-6-19)15-22(17)24(30)26-16-18-10-12-25-23(14-18)29-13-3-11-27-29/h3-15,28H,16H2,1-2H3,(H,26,30). The Balaban J connectivity index is 1.49. The summed E-state index contributed by atoms with van der Waals surface area (Å²) >= 11 is 0. The number of nitrogens with one attached hydrogen (secondary N) is 2. The van der Waals surface area contributed by atoms with Crippen LogP contribution < -0.4 is 14.8 Å². The van der Waals surface area contributed by atoms with Crippen molar-refractivity contribution in [1.29, 1.82) is 0 Å². The molecule has 0 unspecified atom stereocenters. The highest BCUT2D eigenvalue weighted by Crippen LogP contribution is 2.21. The van der Waals surface area contributed by atoms with E-state index in [9.17, 15) is 13.2 Å². The minimum absolute atomic E-state index is 0.0102. The van der Waals surface area contributed by atoms with E-state index in [1.165, 1.54) is 19.2 Å². The van der Waals surface area contributed by atoms with Crippen LogP contribution in [0.25, 0.3) is 5.82 Å². The van der Waals surface area contributed by atoms with Crippen molar-refractivity contribution in [3.05, 3.63) is 95.9 Å². The van der Waals surface area contributed by atoms with Gasteiger partial charge in [-0.15, -0.1) is 0 Å². The van der Waals surface area contributed by atoms with Gasteiger partial charge in [0.1, 0.15) is 5.75 Å². The fourth-order valence-electron chi connectivity index (χ4n) is 3.26. The molecule has 2 aromatic carbocycles. The van der Waals surface area contributed by atoms with Crippen molar-refractivity contribution < 1.29 is 17.9 Å². The lowest BCUT2D eigenvalue weighted by molar-refractivity contribution is 0.0950. The van der Waals surface area contributed by atoms with Crippen LogP contribution in [0.15, 0.2) is 84.1 Å². The van der Waals surface area contributed by atoms with Crippen molar-refractivity contribution in [2.75, 3.05) is 11.8 Å². The molecule has 0 atom stereocenters. The first-order valence-corrected chi connectivity index (χ1v) is 11.8. The van der Waals surface area contributed by atoms with Gasteiger partial charge in [0.05, 0.1) is 12.0 Å². The number of benzene rings is 2. The maximum absolute atomic E-state index is 12.9. The first kappa shape index (κ1) is 23.0. The number of amides is 1. The molecule has 2 aromatic heterocycles. The van der Waals surface area contributed by atoms with E-state index in [-0.39, 0.29) is 22.9 Å². The highest BCUT2D eigenvalue weighted by Gasteiger charge is 2.18. The largest absolute Gasteiger partial charge is 0.497 e. The molecule has 0 radical (unpaired) electrons. The highest BCUT2D eigenvalue weighted by atomic mass is 32.2. The number of methoxy groups -OCH3 is 1. The van der Waals surface area contributed by atoms with E-state index in [0.717, 1.165) is 5.56 Å². The minimum atomic E-state index is -3.89. The molecule has 4 aromatic rings. The molecule has 0 spiro atoms. The topological polar surface area (TPSA) is 115 Å². The average molecular weight is 478 g/mol. The number of anilines is 1. The molecule has 4 rings (SSSR count). The summed E-state index contributed by atoms with van der Waals surface area (Å²) in [7, 11) is -2.36. The monoisotopic (exact) mass is 477 g/mol. The van der Waals surface area contributed by atoms with Gasteiger partial charge in [0.25, 0.3) is 15.9 Å². The van der Waals surface area contributed by atoms with E-state index < -0.39 is 10.0 Å². The number of carbonyl (C=O) groups excluding carboxylic acids is 1. The first-order chi connectivity index (χ1) is 16.4. The highest BCUT2D eigenvalue weighted by molar-refractivity contribution is 7.92. The van der Waals surface area contributed by atoms with Gasteiger partial charge >= 0.3 is 0 Å². The summed E-state index contributed by atoms with van der Waals surface area (Å²) in [6.45, 7) is 2.00. The number of hydrogen-bond donors (Lipinski definition) is 2. The van der Waals surface area contributed by atoms with Gasteiger partial charge in [-0.3, -0.25) is 9.52 Å². The number of pyridine rings is 1. The molecule has 2 heterocycles. The third-order valence-corrected chi connectivity index (χ3v) is 6.49. The van der Waals surface area contributed by atoms with E-state index in [0.29, 0.717) is 22.8 Å². The second-order valence-corrected chi connectivity index (χ2v) is 9.15. The number of ether oxygens (including phenoxy) is 1. The molecule has 0 fully saturated rings. The lowest BCUT2D eigenvalue weighted by Gasteiger charge is -2.12. The van der Waals surface area contributed by atoms with Crippen molar-refractivity contribution in [1.82, 2.24) is 20.1 Å². The van der Waals surface area contributed by atoms with Crippen LogP contribution in [0.1, 0.15) is 21.5 Å². The van der Waals surface area contributed by atoms with Crippen LogP contribution in [0, 0.1) is 6.92 Å². The zero-order valence-corrected chi connectivity index (χ0v) is 19.4. The third-order valence-electron chi connectivity index (χ3n) is 5.11. The van der Waals surface area contributed by atoms with Gasteiger partial charge in [0.15, 0.2) is 5.82 Å². The average Bonchev–Trinajstić information content (AvgIpc) is 3.38. The van der Waals surface area contributed by atoms with Gasteiger partial charge in [-0.1, -0.05) is 6.07 Å². The Morgan fingerprint density at radius 1 is 1.06 bits per heavy atom. The summed E-state index contributed by atoms with van der Waals surface area (Å²) in [4.78, 5) is 17.1. The van der Waals surface area contributed by atoms with Crippen molar-refractivity contribution >= 4 is 21.6 Å². The van der Waals surface area contributed by atoms with Crippen LogP contribution in [0.3, 0.4) is 0 Å². The maximum Gasteiger partial charge on any atom is 0.261 e. The zero-order valence-electron chi connectivity index (χ0n) is 18.6. The normalized spacial score (nSPS) is 11.1. The molecule has 1 amide bonds. The minimum Gasteiger partial charge on any atom is -0.497 e. The summed E-state index contributed by atoms with van der Waals surface area (Å²) in [5, 5.41) is 7.00. The summed E-state index contributed by atoms with van der Waals surface area (Å²) in [5.41, 5.74) is 2.15. The Bertz CT molecular complexity index is 1400. The van der Waals surface area contributed by atoms with E-state index >= 15 is 0 Å². The van der Waals surface area contributed by atoms with Gasteiger partial charge in [-0.2, -0.15) is 5.10 Å². The van der Waals surface area contributed by atoms with Crippen molar-refractivity contribution in [3.63, 3.8) is 0 Å².